The average molecular weight is 542 g/mol. The molecule has 2 fully saturated rings. The first-order valence-electron chi connectivity index (χ1n) is 13.6. The summed E-state index contributed by atoms with van der Waals surface area (Å²) >= 11 is 0. The number of hydrogen-bond acceptors (Lipinski definition) is 6. The smallest absolute Gasteiger partial charge is 0.410 e. The lowest BCUT2D eigenvalue weighted by molar-refractivity contribution is -0.0221. The second-order valence-electron chi connectivity index (χ2n) is 11.7. The highest BCUT2D eigenvalue weighted by Gasteiger charge is 2.34. The molecular weight excluding hydrogens is 500 g/mol. The van der Waals surface area contributed by atoms with Crippen LogP contribution in [0, 0.1) is 0 Å². The number of piperidine rings is 1. The molecular formula is C30H41F2N5O2. The van der Waals surface area contributed by atoms with E-state index in [-0.39, 0.29) is 25.0 Å². The monoisotopic (exact) mass is 541 g/mol. The van der Waals surface area contributed by atoms with Crippen LogP contribution in [0.15, 0.2) is 49.2 Å². The molecule has 9 heteroatoms. The van der Waals surface area contributed by atoms with Crippen LogP contribution >= 0.6 is 0 Å². The highest BCUT2D eigenvalue weighted by atomic mass is 19.3. The Labute approximate surface area is 231 Å². The second kappa shape index (κ2) is 11.5. The number of ether oxygens (including phenoxy) is 1. The molecule has 4 rings (SSSR count). The van der Waals surface area contributed by atoms with Gasteiger partial charge in [0.2, 0.25) is 0 Å². The fourth-order valence-electron chi connectivity index (χ4n) is 5.01. The lowest BCUT2D eigenvalue weighted by Gasteiger charge is -2.40. The van der Waals surface area contributed by atoms with Crippen LogP contribution < -0.4 is 9.80 Å². The van der Waals surface area contributed by atoms with Crippen molar-refractivity contribution in [3.05, 3.63) is 60.3 Å². The van der Waals surface area contributed by atoms with Crippen LogP contribution in [0.3, 0.4) is 0 Å². The quantitative estimate of drug-likeness (QED) is 0.456. The van der Waals surface area contributed by atoms with E-state index in [1.807, 2.05) is 54.7 Å². The van der Waals surface area contributed by atoms with Crippen LogP contribution in [0.5, 0.6) is 0 Å². The molecule has 1 amide bonds. The summed E-state index contributed by atoms with van der Waals surface area (Å²) < 4.78 is 32.5. The molecule has 2 aromatic rings. The minimum Gasteiger partial charge on any atom is -0.444 e. The van der Waals surface area contributed by atoms with E-state index in [0.29, 0.717) is 19.6 Å². The number of hydrogen-bond donors (Lipinski definition) is 0. The molecule has 0 radical (unpaired) electrons. The van der Waals surface area contributed by atoms with Gasteiger partial charge in [-0.1, -0.05) is 18.7 Å². The Balaban J connectivity index is 1.30. The molecule has 0 saturated carbocycles. The molecule has 3 heterocycles. The highest BCUT2D eigenvalue weighted by molar-refractivity contribution is 5.77. The first-order valence-corrected chi connectivity index (χ1v) is 13.6. The first-order chi connectivity index (χ1) is 18.3. The summed E-state index contributed by atoms with van der Waals surface area (Å²) in [5.41, 5.74) is 3.40. The minimum atomic E-state index is -2.57. The van der Waals surface area contributed by atoms with Gasteiger partial charge in [0, 0.05) is 88.3 Å². The second-order valence-corrected chi connectivity index (χ2v) is 11.7. The number of halogens is 2. The summed E-state index contributed by atoms with van der Waals surface area (Å²) in [4.78, 5) is 25.1. The zero-order valence-corrected chi connectivity index (χ0v) is 23.8. The summed E-state index contributed by atoms with van der Waals surface area (Å²) in [7, 11) is 1.97. The van der Waals surface area contributed by atoms with E-state index < -0.39 is 11.5 Å². The molecule has 0 N–H and O–H groups in total. The summed E-state index contributed by atoms with van der Waals surface area (Å²) in [5.74, 6) is -1.85. The molecule has 1 atom stereocenters. The van der Waals surface area contributed by atoms with Crippen molar-refractivity contribution in [1.29, 1.82) is 0 Å². The van der Waals surface area contributed by atoms with Crippen LogP contribution in [0.25, 0.3) is 5.70 Å². The van der Waals surface area contributed by atoms with Gasteiger partial charge in [-0.25, -0.2) is 18.6 Å². The number of rotatable bonds is 6. The fraction of sp³-hybridized carbons (Fsp3) is 0.533. The van der Waals surface area contributed by atoms with Gasteiger partial charge in [0.15, 0.2) is 0 Å². The Hall–Kier alpha value is -3.20. The zero-order valence-electron chi connectivity index (χ0n) is 23.8. The van der Waals surface area contributed by atoms with Crippen molar-refractivity contribution in [2.75, 3.05) is 49.6 Å². The van der Waals surface area contributed by atoms with Crippen LogP contribution in [-0.2, 0) is 11.3 Å². The predicted molar refractivity (Wildman–Crippen MR) is 152 cm³/mol. The maximum atomic E-state index is 13.5. The number of amides is 1. The maximum Gasteiger partial charge on any atom is 0.410 e. The molecule has 1 aromatic heterocycles. The SMILES string of the molecule is C=C(c1ccc(N2CCC(F)(F)CC2)nc1)N(C)c1ccc(CN2CCN(C(=O)OC(C)(C)C)C(C)C2)cc1. The Kier molecular flexibility index (Phi) is 8.49. The third kappa shape index (κ3) is 7.47. The topological polar surface area (TPSA) is 52.2 Å². The number of carbonyl (C=O) groups excluding carboxylic acids is 1. The summed E-state index contributed by atoms with van der Waals surface area (Å²) in [6.07, 6.45) is 1.24. The molecule has 212 valence electrons. The number of aromatic nitrogens is 1. The van der Waals surface area contributed by atoms with Gasteiger partial charge >= 0.3 is 6.09 Å². The third-order valence-corrected chi connectivity index (χ3v) is 7.37. The first kappa shape index (κ1) is 28.8. The van der Waals surface area contributed by atoms with Gasteiger partial charge in [0.05, 0.1) is 0 Å². The highest BCUT2D eigenvalue weighted by Crippen LogP contribution is 2.30. The van der Waals surface area contributed by atoms with Gasteiger partial charge in [-0.2, -0.15) is 0 Å². The van der Waals surface area contributed by atoms with Gasteiger partial charge < -0.3 is 19.4 Å². The van der Waals surface area contributed by atoms with E-state index >= 15 is 0 Å². The van der Waals surface area contributed by atoms with E-state index in [1.54, 1.807) is 6.20 Å². The van der Waals surface area contributed by atoms with Crippen LogP contribution in [-0.4, -0.2) is 78.2 Å². The Morgan fingerprint density at radius 1 is 1.10 bits per heavy atom. The molecule has 2 aliphatic rings. The van der Waals surface area contributed by atoms with Crippen molar-refractivity contribution >= 4 is 23.3 Å². The maximum absolute atomic E-state index is 13.5. The number of carbonyl (C=O) groups is 1. The Morgan fingerprint density at radius 2 is 1.77 bits per heavy atom. The average Bonchev–Trinajstić information content (AvgIpc) is 2.87. The van der Waals surface area contributed by atoms with E-state index in [1.165, 1.54) is 5.56 Å². The molecule has 1 aromatic carbocycles. The largest absolute Gasteiger partial charge is 0.444 e. The van der Waals surface area contributed by atoms with Crippen molar-refractivity contribution in [2.45, 2.75) is 64.6 Å². The minimum absolute atomic E-state index is 0.0817. The normalized spacial score (nSPS) is 20.0. The van der Waals surface area contributed by atoms with Crippen LogP contribution in [0.2, 0.25) is 0 Å². The van der Waals surface area contributed by atoms with Gasteiger partial charge in [0.25, 0.3) is 5.92 Å². The predicted octanol–water partition coefficient (Wildman–Crippen LogP) is 5.87. The Bertz CT molecular complexity index is 1140. The lowest BCUT2D eigenvalue weighted by Crippen LogP contribution is -2.54. The molecule has 0 aliphatic carbocycles. The number of piperazine rings is 1. The molecule has 1 unspecified atom stereocenters. The molecule has 39 heavy (non-hydrogen) atoms. The van der Waals surface area contributed by atoms with E-state index in [4.69, 9.17) is 4.74 Å². The lowest BCUT2D eigenvalue weighted by atomic mass is 10.1. The third-order valence-electron chi connectivity index (χ3n) is 7.37. The van der Waals surface area contributed by atoms with Gasteiger partial charge in [-0.05, 0) is 57.5 Å². The number of anilines is 2. The van der Waals surface area contributed by atoms with Crippen LogP contribution in [0.1, 0.15) is 51.7 Å². The molecule has 0 spiro atoms. The van der Waals surface area contributed by atoms with Gasteiger partial charge in [0.1, 0.15) is 11.4 Å². The number of pyridine rings is 1. The number of benzene rings is 1. The van der Waals surface area contributed by atoms with Crippen molar-refractivity contribution in [1.82, 2.24) is 14.8 Å². The fourth-order valence-corrected chi connectivity index (χ4v) is 5.01. The van der Waals surface area contributed by atoms with Crippen molar-refractivity contribution < 1.29 is 18.3 Å². The van der Waals surface area contributed by atoms with Crippen LogP contribution in [0.4, 0.5) is 25.1 Å². The molecule has 2 saturated heterocycles. The molecule has 0 bridgehead atoms. The molecule has 7 nitrogen and oxygen atoms in total. The number of nitrogens with zero attached hydrogens (tertiary/aromatic N) is 5. The van der Waals surface area contributed by atoms with E-state index in [2.05, 4.69) is 47.7 Å². The van der Waals surface area contributed by atoms with Crippen molar-refractivity contribution in [3.8, 4) is 0 Å². The van der Waals surface area contributed by atoms with Crippen molar-refractivity contribution in [3.63, 3.8) is 0 Å². The Morgan fingerprint density at radius 3 is 2.33 bits per heavy atom. The van der Waals surface area contributed by atoms with Gasteiger partial charge in [-0.15, -0.1) is 0 Å². The summed E-state index contributed by atoms with van der Waals surface area (Å²) in [6.45, 7) is 15.6. The number of alkyl halides is 2. The standard InChI is InChI=1S/C30H41F2N5O2/c1-22-20-35(17-18-37(22)28(38)39-29(3,4)5)21-24-7-10-26(11-8-24)34(6)23(2)25-9-12-27(33-19-25)36-15-13-30(31,32)14-16-36/h7-12,19,22H,2,13-18,20-21H2,1,3-6H3. The van der Waals surface area contributed by atoms with E-state index in [9.17, 15) is 13.6 Å². The van der Waals surface area contributed by atoms with Gasteiger partial charge in [-0.3, -0.25) is 4.90 Å². The summed E-state index contributed by atoms with van der Waals surface area (Å²) in [5, 5.41) is 0. The van der Waals surface area contributed by atoms with E-state index in [0.717, 1.165) is 42.4 Å². The zero-order chi connectivity index (χ0) is 28.4. The molecule has 2 aliphatic heterocycles. The van der Waals surface area contributed by atoms with Crippen molar-refractivity contribution in [2.24, 2.45) is 0 Å². The summed E-state index contributed by atoms with van der Waals surface area (Å²) in [6, 6.07) is 12.3.